The van der Waals surface area contributed by atoms with E-state index in [0.29, 0.717) is 28.6 Å². The van der Waals surface area contributed by atoms with E-state index >= 15 is 0 Å². The number of allylic oxidation sites excluding steroid dienone is 2. The maximum absolute atomic E-state index is 12.2. The highest BCUT2D eigenvalue weighted by molar-refractivity contribution is 8.04. The molecule has 0 spiro atoms. The second-order valence-corrected chi connectivity index (χ2v) is 7.75. The molecular formula is C17H16Cl2N2O2S. The summed E-state index contributed by atoms with van der Waals surface area (Å²) in [5.74, 6) is -0.0579. The number of nitrogens with zero attached hydrogens (tertiary/aromatic N) is 1. The van der Waals surface area contributed by atoms with Crippen molar-refractivity contribution in [1.82, 2.24) is 10.2 Å². The third kappa shape index (κ3) is 3.79. The zero-order valence-electron chi connectivity index (χ0n) is 13.0. The Morgan fingerprint density at radius 1 is 1.33 bits per heavy atom. The number of fused-ring (bicyclic) bond motifs is 1. The number of halogens is 2. The van der Waals surface area contributed by atoms with E-state index in [4.69, 9.17) is 23.2 Å². The molecule has 0 saturated carbocycles. The van der Waals surface area contributed by atoms with Crippen molar-refractivity contribution < 1.29 is 9.59 Å². The molecule has 1 heterocycles. The first kappa shape index (κ1) is 17.4. The van der Waals surface area contributed by atoms with Crippen LogP contribution in [0.1, 0.15) is 23.2 Å². The van der Waals surface area contributed by atoms with Crippen molar-refractivity contribution in [2.45, 2.75) is 18.2 Å². The number of amides is 1. The van der Waals surface area contributed by atoms with Crippen molar-refractivity contribution in [3.63, 3.8) is 0 Å². The highest BCUT2D eigenvalue weighted by Gasteiger charge is 2.31. The molecule has 1 fully saturated rings. The first-order valence-corrected chi connectivity index (χ1v) is 9.16. The fourth-order valence-electron chi connectivity index (χ4n) is 2.72. The molecule has 1 saturated heterocycles. The monoisotopic (exact) mass is 382 g/mol. The lowest BCUT2D eigenvalue weighted by atomic mass is 10.1. The smallest absolute Gasteiger partial charge is 0.251 e. The van der Waals surface area contributed by atoms with Crippen LogP contribution in [0.5, 0.6) is 0 Å². The lowest BCUT2D eigenvalue weighted by Crippen LogP contribution is -2.30. The van der Waals surface area contributed by atoms with Crippen LogP contribution in [0.3, 0.4) is 0 Å². The van der Waals surface area contributed by atoms with Gasteiger partial charge in [-0.2, -0.15) is 0 Å². The summed E-state index contributed by atoms with van der Waals surface area (Å²) in [6.45, 7) is 0.527. The Balaban J connectivity index is 1.56. The number of ketones is 1. The van der Waals surface area contributed by atoms with E-state index in [1.165, 1.54) is 0 Å². The Morgan fingerprint density at radius 3 is 2.75 bits per heavy atom. The molecule has 1 aliphatic heterocycles. The Hall–Kier alpha value is -1.43. The maximum Gasteiger partial charge on any atom is 0.251 e. The van der Waals surface area contributed by atoms with Gasteiger partial charge in [-0.05, 0) is 30.7 Å². The van der Waals surface area contributed by atoms with Crippen LogP contribution in [0.15, 0.2) is 41.0 Å². The van der Waals surface area contributed by atoms with Gasteiger partial charge in [-0.3, -0.25) is 9.59 Å². The Morgan fingerprint density at radius 2 is 2.04 bits per heavy atom. The van der Waals surface area contributed by atoms with E-state index in [1.807, 2.05) is 13.1 Å². The maximum atomic E-state index is 12.2. The zero-order chi connectivity index (χ0) is 17.3. The summed E-state index contributed by atoms with van der Waals surface area (Å²) in [5.41, 5.74) is 1.56. The summed E-state index contributed by atoms with van der Waals surface area (Å²) in [5, 5.41) is 3.97. The molecule has 126 valence electrons. The molecule has 4 nitrogen and oxygen atoms in total. The fraction of sp³-hybridized carbons (Fsp3) is 0.294. The van der Waals surface area contributed by atoms with Gasteiger partial charge in [-0.25, -0.2) is 0 Å². The zero-order valence-corrected chi connectivity index (χ0v) is 15.3. The van der Waals surface area contributed by atoms with Crippen LogP contribution in [0.25, 0.3) is 0 Å². The normalized spacial score (nSPS) is 19.7. The predicted octanol–water partition coefficient (Wildman–Crippen LogP) is 3.86. The first-order chi connectivity index (χ1) is 11.4. The van der Waals surface area contributed by atoms with Gasteiger partial charge in [0.25, 0.3) is 5.91 Å². The highest BCUT2D eigenvalue weighted by atomic mass is 35.5. The van der Waals surface area contributed by atoms with Crippen LogP contribution in [0.2, 0.25) is 10.0 Å². The number of carbonyl (C=O) groups is 2. The molecule has 1 amide bonds. The molecule has 0 radical (unpaired) electrons. The van der Waals surface area contributed by atoms with Crippen molar-refractivity contribution in [3.05, 3.63) is 56.6 Å². The predicted molar refractivity (Wildman–Crippen MR) is 98.3 cm³/mol. The third-order valence-corrected chi connectivity index (χ3v) is 5.76. The minimum Gasteiger partial charge on any atom is -0.362 e. The molecule has 1 aromatic rings. The molecule has 1 unspecified atom stereocenters. The van der Waals surface area contributed by atoms with Crippen LogP contribution >= 0.6 is 35.0 Å². The fourth-order valence-corrected chi connectivity index (χ4v) is 4.59. The summed E-state index contributed by atoms with van der Waals surface area (Å²) in [6.07, 6.45) is 4.91. The summed E-state index contributed by atoms with van der Waals surface area (Å²) >= 11 is 13.5. The highest BCUT2D eigenvalue weighted by Crippen LogP contribution is 2.43. The van der Waals surface area contributed by atoms with Gasteiger partial charge in [-0.1, -0.05) is 41.0 Å². The van der Waals surface area contributed by atoms with Crippen LogP contribution < -0.4 is 5.32 Å². The largest absolute Gasteiger partial charge is 0.362 e. The summed E-state index contributed by atoms with van der Waals surface area (Å²) < 4.78 is 0. The number of benzene rings is 1. The van der Waals surface area contributed by atoms with Gasteiger partial charge < -0.3 is 10.2 Å². The van der Waals surface area contributed by atoms with Crippen molar-refractivity contribution in [3.8, 4) is 0 Å². The van der Waals surface area contributed by atoms with Gasteiger partial charge in [0.15, 0.2) is 5.78 Å². The molecule has 1 N–H and O–H groups in total. The minimum absolute atomic E-state index is 0.140. The molecule has 0 aromatic heterocycles. The average Bonchev–Trinajstić information content (AvgIpc) is 2.82. The van der Waals surface area contributed by atoms with Crippen LogP contribution in [0, 0.1) is 0 Å². The molecule has 1 aliphatic carbocycles. The van der Waals surface area contributed by atoms with Crippen LogP contribution in [0.4, 0.5) is 0 Å². The SMILES string of the molecule is CN1C2=CCC(=O)C=C2SC1CCNC(=O)c1cc(Cl)cc(Cl)c1. The van der Waals surface area contributed by atoms with Crippen LogP contribution in [-0.4, -0.2) is 35.6 Å². The van der Waals surface area contributed by atoms with E-state index < -0.39 is 0 Å². The van der Waals surface area contributed by atoms with Gasteiger partial charge in [0.05, 0.1) is 5.37 Å². The lowest BCUT2D eigenvalue weighted by Gasteiger charge is -2.21. The Labute approximate surface area is 154 Å². The second kappa shape index (κ2) is 7.21. The van der Waals surface area contributed by atoms with E-state index in [9.17, 15) is 9.59 Å². The van der Waals surface area contributed by atoms with Gasteiger partial charge in [0.2, 0.25) is 0 Å². The molecule has 1 atom stereocenters. The number of hydrogen-bond donors (Lipinski definition) is 1. The first-order valence-electron chi connectivity index (χ1n) is 7.53. The molecule has 2 aliphatic rings. The number of thioether (sulfide) groups is 1. The van der Waals surface area contributed by atoms with Gasteiger partial charge in [-0.15, -0.1) is 0 Å². The second-order valence-electron chi connectivity index (χ2n) is 5.65. The topological polar surface area (TPSA) is 49.4 Å². The number of likely N-dealkylation sites (N-methyl/N-ethyl adjacent to an activating group) is 1. The summed E-state index contributed by atoms with van der Waals surface area (Å²) in [6, 6.07) is 4.78. The minimum atomic E-state index is -0.198. The quantitative estimate of drug-likeness (QED) is 0.858. The van der Waals surface area contributed by atoms with Gasteiger partial charge in [0.1, 0.15) is 0 Å². The molecule has 3 rings (SSSR count). The summed E-state index contributed by atoms with van der Waals surface area (Å²) in [7, 11) is 2.01. The molecular weight excluding hydrogens is 367 g/mol. The Bertz CT molecular complexity index is 741. The van der Waals surface area contributed by atoms with E-state index in [-0.39, 0.29) is 17.1 Å². The summed E-state index contributed by atoms with van der Waals surface area (Å²) in [4.78, 5) is 26.9. The van der Waals surface area contributed by atoms with Crippen LogP contribution in [-0.2, 0) is 4.79 Å². The van der Waals surface area contributed by atoms with Gasteiger partial charge >= 0.3 is 0 Å². The lowest BCUT2D eigenvalue weighted by molar-refractivity contribution is -0.114. The van der Waals surface area contributed by atoms with Crippen molar-refractivity contribution >= 4 is 46.7 Å². The number of nitrogens with one attached hydrogen (secondary N) is 1. The molecule has 24 heavy (non-hydrogen) atoms. The Kier molecular flexibility index (Phi) is 5.23. The number of rotatable bonds is 4. The standard InChI is InChI=1S/C17H16Cl2N2O2S/c1-21-14-3-2-13(22)9-15(14)24-16(21)4-5-20-17(23)10-6-11(18)8-12(19)7-10/h3,6-9,16H,2,4-5H2,1H3,(H,20,23). The van der Waals surface area contributed by atoms with Crippen molar-refractivity contribution in [1.29, 1.82) is 0 Å². The number of carbonyl (C=O) groups excluding carboxylic acids is 2. The van der Waals surface area contributed by atoms with Crippen molar-refractivity contribution in [2.75, 3.05) is 13.6 Å². The van der Waals surface area contributed by atoms with E-state index in [0.717, 1.165) is 17.0 Å². The van der Waals surface area contributed by atoms with E-state index in [2.05, 4.69) is 10.2 Å². The average molecular weight is 383 g/mol. The van der Waals surface area contributed by atoms with Crippen molar-refractivity contribution in [2.24, 2.45) is 0 Å². The molecule has 0 bridgehead atoms. The molecule has 1 aromatic carbocycles. The third-order valence-electron chi connectivity index (χ3n) is 3.92. The van der Waals surface area contributed by atoms with Gasteiger partial charge in [0, 0.05) is 46.2 Å². The van der Waals surface area contributed by atoms with E-state index in [1.54, 1.807) is 36.0 Å². The number of hydrogen-bond acceptors (Lipinski definition) is 4. The molecule has 7 heteroatoms.